The quantitative estimate of drug-likeness (QED) is 0.340. The van der Waals surface area contributed by atoms with E-state index in [4.69, 9.17) is 21.1 Å². The summed E-state index contributed by atoms with van der Waals surface area (Å²) in [6, 6.07) is 7.34. The molecule has 0 bridgehead atoms. The molecule has 0 spiro atoms. The van der Waals surface area contributed by atoms with Crippen LogP contribution in [0.1, 0.15) is 16.1 Å². The van der Waals surface area contributed by atoms with Crippen LogP contribution in [0, 0.1) is 0 Å². The fourth-order valence-corrected chi connectivity index (χ4v) is 3.99. The Kier molecular flexibility index (Phi) is 6.57. The monoisotopic (exact) mass is 512 g/mol. The van der Waals surface area contributed by atoms with Crippen LogP contribution < -0.4 is 9.64 Å². The number of rotatable bonds is 7. The van der Waals surface area contributed by atoms with Crippen LogP contribution in [0.25, 0.3) is 16.9 Å². The Hall–Kier alpha value is -3.45. The van der Waals surface area contributed by atoms with Gasteiger partial charge in [0.05, 0.1) is 37.3 Å². The summed E-state index contributed by atoms with van der Waals surface area (Å²) in [7, 11) is 3.08. The van der Waals surface area contributed by atoms with Gasteiger partial charge in [-0.1, -0.05) is 23.7 Å². The maximum Gasteiger partial charge on any atom is 0.433 e. The fourth-order valence-electron chi connectivity index (χ4n) is 3.16. The van der Waals surface area contributed by atoms with E-state index in [0.717, 1.165) is 24.0 Å². The highest BCUT2D eigenvalue weighted by atomic mass is 35.5. The molecule has 14 heteroatoms. The van der Waals surface area contributed by atoms with E-state index in [1.165, 1.54) is 7.11 Å². The first-order valence-electron chi connectivity index (χ1n) is 9.66. The Morgan fingerprint density at radius 1 is 1.26 bits per heavy atom. The average molecular weight is 513 g/mol. The third kappa shape index (κ3) is 4.61. The number of esters is 1. The van der Waals surface area contributed by atoms with E-state index in [2.05, 4.69) is 18.8 Å². The number of carbonyl (C=O) groups is 1. The number of aromatic nitrogens is 5. The molecule has 0 aliphatic rings. The van der Waals surface area contributed by atoms with E-state index in [0.29, 0.717) is 21.6 Å². The number of anilines is 1. The zero-order chi connectivity index (χ0) is 24.5. The predicted molar refractivity (Wildman–Crippen MR) is 118 cm³/mol. The lowest BCUT2D eigenvalue weighted by molar-refractivity contribution is -0.142. The first-order valence-corrected chi connectivity index (χ1v) is 10.8. The van der Waals surface area contributed by atoms with Crippen molar-refractivity contribution >= 4 is 40.8 Å². The number of carbonyl (C=O) groups excluding carboxylic acids is 1. The second-order valence-electron chi connectivity index (χ2n) is 6.95. The van der Waals surface area contributed by atoms with Gasteiger partial charge in [-0.05, 0) is 18.2 Å². The Bertz CT molecular complexity index is 1340. The number of fused-ring (bicyclic) bond motifs is 1. The summed E-state index contributed by atoms with van der Waals surface area (Å²) < 4.78 is 60.4. The molecule has 0 N–H and O–H groups in total. The minimum Gasteiger partial charge on any atom is -0.496 e. The summed E-state index contributed by atoms with van der Waals surface area (Å²) in [5.74, 6) is -0.116. The fraction of sp³-hybridized carbons (Fsp3) is 0.250. The van der Waals surface area contributed by atoms with E-state index in [1.54, 1.807) is 36.2 Å². The van der Waals surface area contributed by atoms with Crippen LogP contribution in [-0.4, -0.2) is 56.6 Å². The van der Waals surface area contributed by atoms with Crippen LogP contribution in [-0.2, 0) is 10.9 Å². The van der Waals surface area contributed by atoms with Crippen molar-refractivity contribution < 1.29 is 27.4 Å². The number of hydrogen-bond acceptors (Lipinski definition) is 9. The molecule has 4 aromatic rings. The molecule has 3 aromatic heterocycles. The van der Waals surface area contributed by atoms with Crippen molar-refractivity contribution in [3.05, 3.63) is 52.9 Å². The van der Waals surface area contributed by atoms with E-state index in [-0.39, 0.29) is 35.2 Å². The molecular weight excluding hydrogens is 497 g/mol. The normalized spacial score (nSPS) is 11.6. The maximum absolute atomic E-state index is 13.8. The minimum absolute atomic E-state index is 0.0303. The van der Waals surface area contributed by atoms with Gasteiger partial charge in [-0.15, -0.1) is 0 Å². The van der Waals surface area contributed by atoms with Gasteiger partial charge in [0.15, 0.2) is 22.3 Å². The van der Waals surface area contributed by atoms with E-state index in [9.17, 15) is 18.0 Å². The molecule has 0 aliphatic carbocycles. The molecular formula is C20H16ClF3N6O3S. The first kappa shape index (κ1) is 23.7. The summed E-state index contributed by atoms with van der Waals surface area (Å²) in [5, 5.41) is 3.95. The second-order valence-corrected chi connectivity index (χ2v) is 7.84. The highest BCUT2D eigenvalue weighted by molar-refractivity contribution is 6.99. The molecule has 4 rings (SSSR count). The molecule has 0 amide bonds. The van der Waals surface area contributed by atoms with Crippen molar-refractivity contribution in [3.8, 4) is 17.0 Å². The number of benzene rings is 1. The summed E-state index contributed by atoms with van der Waals surface area (Å²) in [6.45, 7) is 0.142. The molecule has 0 unspecified atom stereocenters. The second kappa shape index (κ2) is 9.43. The Morgan fingerprint density at radius 2 is 2.03 bits per heavy atom. The molecule has 0 aliphatic heterocycles. The molecule has 0 saturated carbocycles. The Morgan fingerprint density at radius 3 is 2.71 bits per heavy atom. The van der Waals surface area contributed by atoms with Crippen molar-refractivity contribution in [2.75, 3.05) is 32.2 Å². The standard InChI is InChI=1S/C20H16ClF3N6O3S/c1-29(18-16(21)27-34-28-18)7-8-33-19(31)12-10-25-30-15(20(22,23)24)9-13(26-17(12)30)11-5-3-4-6-14(11)32-2/h3-6,9-10H,7-8H2,1-2H3. The molecule has 0 radical (unpaired) electrons. The predicted octanol–water partition coefficient (Wildman–Crippen LogP) is 4.22. The van der Waals surface area contributed by atoms with Crippen LogP contribution >= 0.6 is 23.3 Å². The van der Waals surface area contributed by atoms with Crippen molar-refractivity contribution in [2.45, 2.75) is 6.18 Å². The van der Waals surface area contributed by atoms with Gasteiger partial charge in [0.2, 0.25) is 0 Å². The van der Waals surface area contributed by atoms with Gasteiger partial charge in [-0.3, -0.25) is 0 Å². The van der Waals surface area contributed by atoms with Gasteiger partial charge in [-0.2, -0.15) is 27.0 Å². The molecule has 178 valence electrons. The zero-order valence-corrected chi connectivity index (χ0v) is 19.3. The molecule has 1 aromatic carbocycles. The number of hydrogen-bond donors (Lipinski definition) is 0. The summed E-state index contributed by atoms with van der Waals surface area (Å²) in [4.78, 5) is 18.6. The number of ether oxygens (including phenoxy) is 2. The SMILES string of the molecule is COc1ccccc1-c1cc(C(F)(F)F)n2ncc(C(=O)OCCN(C)c3nsnc3Cl)c2n1. The Balaban J connectivity index is 1.65. The number of likely N-dealkylation sites (N-methyl/N-ethyl adjacent to an activating group) is 1. The molecule has 0 saturated heterocycles. The maximum atomic E-state index is 13.8. The van der Waals surface area contributed by atoms with E-state index < -0.39 is 17.8 Å². The zero-order valence-electron chi connectivity index (χ0n) is 17.7. The lowest BCUT2D eigenvalue weighted by atomic mass is 10.1. The third-order valence-corrected chi connectivity index (χ3v) is 5.69. The average Bonchev–Trinajstić information content (AvgIpc) is 3.43. The van der Waals surface area contributed by atoms with Gasteiger partial charge in [0.1, 0.15) is 17.9 Å². The van der Waals surface area contributed by atoms with Crippen LogP contribution in [0.5, 0.6) is 5.75 Å². The number of para-hydroxylation sites is 1. The molecule has 34 heavy (non-hydrogen) atoms. The van der Waals surface area contributed by atoms with Crippen LogP contribution in [0.15, 0.2) is 36.5 Å². The highest BCUT2D eigenvalue weighted by Gasteiger charge is 2.36. The lowest BCUT2D eigenvalue weighted by Gasteiger charge is -2.16. The topological polar surface area (TPSA) is 94.7 Å². The largest absolute Gasteiger partial charge is 0.496 e. The first-order chi connectivity index (χ1) is 16.2. The molecule has 9 nitrogen and oxygen atoms in total. The van der Waals surface area contributed by atoms with Gasteiger partial charge in [-0.25, -0.2) is 14.3 Å². The number of nitrogens with zero attached hydrogens (tertiary/aromatic N) is 6. The minimum atomic E-state index is -4.76. The van der Waals surface area contributed by atoms with Crippen LogP contribution in [0.2, 0.25) is 5.15 Å². The molecule has 0 atom stereocenters. The summed E-state index contributed by atoms with van der Waals surface area (Å²) >= 11 is 6.87. The smallest absolute Gasteiger partial charge is 0.433 e. The van der Waals surface area contributed by atoms with E-state index in [1.807, 2.05) is 0 Å². The molecule has 0 fully saturated rings. The lowest BCUT2D eigenvalue weighted by Crippen LogP contribution is -2.24. The van der Waals surface area contributed by atoms with Crippen molar-refractivity contribution in [2.24, 2.45) is 0 Å². The third-order valence-electron chi connectivity index (χ3n) is 4.82. The Labute approximate surface area is 200 Å². The number of halogens is 4. The van der Waals surface area contributed by atoms with E-state index >= 15 is 0 Å². The number of alkyl halides is 3. The van der Waals surface area contributed by atoms with Gasteiger partial charge in [0, 0.05) is 12.6 Å². The highest BCUT2D eigenvalue weighted by Crippen LogP contribution is 2.35. The van der Waals surface area contributed by atoms with Gasteiger partial charge < -0.3 is 14.4 Å². The van der Waals surface area contributed by atoms with Crippen molar-refractivity contribution in [1.29, 1.82) is 0 Å². The van der Waals surface area contributed by atoms with Crippen molar-refractivity contribution in [1.82, 2.24) is 23.3 Å². The summed E-state index contributed by atoms with van der Waals surface area (Å²) in [6.07, 6.45) is -3.76. The van der Waals surface area contributed by atoms with Gasteiger partial charge in [0.25, 0.3) is 0 Å². The van der Waals surface area contributed by atoms with Crippen LogP contribution in [0.3, 0.4) is 0 Å². The summed E-state index contributed by atoms with van der Waals surface area (Å²) in [5.41, 5.74) is -1.30. The van der Waals surface area contributed by atoms with Gasteiger partial charge >= 0.3 is 12.1 Å². The van der Waals surface area contributed by atoms with Crippen LogP contribution in [0.4, 0.5) is 19.0 Å². The van der Waals surface area contributed by atoms with Crippen molar-refractivity contribution in [3.63, 3.8) is 0 Å². The molecule has 3 heterocycles. The number of methoxy groups -OCH3 is 1.